The fourth-order valence-electron chi connectivity index (χ4n) is 2.13. The second kappa shape index (κ2) is 6.02. The quantitative estimate of drug-likeness (QED) is 0.774. The lowest BCUT2D eigenvalue weighted by Crippen LogP contribution is -2.41. The highest BCUT2D eigenvalue weighted by Gasteiger charge is 2.26. The summed E-state index contributed by atoms with van der Waals surface area (Å²) in [5.74, 6) is 0. The Morgan fingerprint density at radius 2 is 2.00 bits per heavy atom. The molecule has 0 aliphatic heterocycles. The molecule has 1 atom stereocenters. The van der Waals surface area contributed by atoms with Crippen LogP contribution < -0.4 is 5.32 Å². The fourth-order valence-corrected chi connectivity index (χ4v) is 2.13. The van der Waals surface area contributed by atoms with E-state index in [4.69, 9.17) is 0 Å². The van der Waals surface area contributed by atoms with Crippen LogP contribution in [-0.2, 0) is 5.54 Å². The number of rotatable bonds is 6. The van der Waals surface area contributed by atoms with Gasteiger partial charge in [-0.25, -0.2) is 0 Å². The van der Waals surface area contributed by atoms with Crippen LogP contribution in [0.2, 0.25) is 0 Å². The predicted molar refractivity (Wildman–Crippen MR) is 68.5 cm³/mol. The van der Waals surface area contributed by atoms with E-state index in [1.807, 2.05) is 0 Å². The molecule has 2 N–H and O–H groups in total. The van der Waals surface area contributed by atoms with Gasteiger partial charge in [-0.2, -0.15) is 0 Å². The van der Waals surface area contributed by atoms with E-state index in [-0.39, 0.29) is 12.1 Å². The van der Waals surface area contributed by atoms with Crippen LogP contribution in [0, 0.1) is 6.92 Å². The third kappa shape index (κ3) is 3.06. The summed E-state index contributed by atoms with van der Waals surface area (Å²) < 4.78 is 0. The fraction of sp³-hybridized carbons (Fsp3) is 0.571. The van der Waals surface area contributed by atoms with Crippen LogP contribution in [0.4, 0.5) is 0 Å². The minimum absolute atomic E-state index is 0.115. The molecule has 1 unspecified atom stereocenters. The van der Waals surface area contributed by atoms with Gasteiger partial charge in [0.15, 0.2) is 0 Å². The van der Waals surface area contributed by atoms with Crippen molar-refractivity contribution in [2.75, 3.05) is 13.2 Å². The molecule has 1 aromatic rings. The minimum atomic E-state index is -0.115. The first-order chi connectivity index (χ1) is 7.64. The lowest BCUT2D eigenvalue weighted by Gasteiger charge is -2.32. The van der Waals surface area contributed by atoms with Gasteiger partial charge < -0.3 is 10.4 Å². The number of aliphatic hydroxyl groups excluding tert-OH is 1. The second-order valence-corrected chi connectivity index (χ2v) is 4.55. The summed E-state index contributed by atoms with van der Waals surface area (Å²) >= 11 is 0. The van der Waals surface area contributed by atoms with Crippen LogP contribution in [0.25, 0.3) is 0 Å². The maximum atomic E-state index is 9.21. The molecule has 2 heteroatoms. The second-order valence-electron chi connectivity index (χ2n) is 4.55. The van der Waals surface area contributed by atoms with Gasteiger partial charge in [0.2, 0.25) is 0 Å². The molecule has 0 saturated carbocycles. The van der Waals surface area contributed by atoms with E-state index in [0.29, 0.717) is 0 Å². The molecular formula is C14H23NO. The minimum Gasteiger partial charge on any atom is -0.396 e. The molecule has 0 fully saturated rings. The van der Waals surface area contributed by atoms with Gasteiger partial charge >= 0.3 is 0 Å². The van der Waals surface area contributed by atoms with Gasteiger partial charge in [0.25, 0.3) is 0 Å². The number of aryl methyl sites for hydroxylation is 1. The van der Waals surface area contributed by atoms with Crippen LogP contribution in [0.3, 0.4) is 0 Å². The van der Waals surface area contributed by atoms with E-state index in [0.717, 1.165) is 19.4 Å². The molecule has 0 heterocycles. The Morgan fingerprint density at radius 1 is 1.31 bits per heavy atom. The zero-order chi connectivity index (χ0) is 12.0. The molecule has 16 heavy (non-hydrogen) atoms. The smallest absolute Gasteiger partial charge is 0.0451 e. The maximum Gasteiger partial charge on any atom is 0.0451 e. The van der Waals surface area contributed by atoms with Crippen molar-refractivity contribution in [3.8, 4) is 0 Å². The average Bonchev–Trinajstić information content (AvgIpc) is 2.27. The number of nitrogens with one attached hydrogen (secondary N) is 1. The highest BCUT2D eigenvalue weighted by atomic mass is 16.3. The molecule has 0 bridgehead atoms. The highest BCUT2D eigenvalue weighted by molar-refractivity contribution is 5.32. The van der Waals surface area contributed by atoms with Gasteiger partial charge in [0.1, 0.15) is 0 Å². The largest absolute Gasteiger partial charge is 0.396 e. The van der Waals surface area contributed by atoms with Gasteiger partial charge in [-0.3, -0.25) is 0 Å². The van der Waals surface area contributed by atoms with E-state index < -0.39 is 0 Å². The first-order valence-electron chi connectivity index (χ1n) is 6.06. The Morgan fingerprint density at radius 3 is 2.56 bits per heavy atom. The Labute approximate surface area is 98.7 Å². The van der Waals surface area contributed by atoms with Crippen molar-refractivity contribution in [2.24, 2.45) is 0 Å². The Balaban J connectivity index is 2.96. The number of hydrogen-bond donors (Lipinski definition) is 2. The van der Waals surface area contributed by atoms with Crippen molar-refractivity contribution in [2.45, 2.75) is 39.2 Å². The van der Waals surface area contributed by atoms with Crippen molar-refractivity contribution in [1.29, 1.82) is 0 Å². The van der Waals surface area contributed by atoms with Crippen LogP contribution in [0.1, 0.15) is 37.8 Å². The molecule has 0 amide bonds. The summed E-state index contributed by atoms with van der Waals surface area (Å²) in [4.78, 5) is 0. The van der Waals surface area contributed by atoms with E-state index in [1.165, 1.54) is 11.1 Å². The van der Waals surface area contributed by atoms with Crippen molar-refractivity contribution < 1.29 is 5.11 Å². The maximum absolute atomic E-state index is 9.21. The summed E-state index contributed by atoms with van der Waals surface area (Å²) in [6.45, 7) is 7.64. The Bertz CT molecular complexity index is 324. The molecule has 1 rings (SSSR count). The van der Waals surface area contributed by atoms with Gasteiger partial charge in [-0.15, -0.1) is 0 Å². The van der Waals surface area contributed by atoms with Gasteiger partial charge in [-0.1, -0.05) is 31.2 Å². The lowest BCUT2D eigenvalue weighted by molar-refractivity contribution is 0.221. The molecule has 1 aromatic carbocycles. The predicted octanol–water partition coefficient (Wildman–Crippen LogP) is 2.59. The van der Waals surface area contributed by atoms with Crippen molar-refractivity contribution >= 4 is 0 Å². The Kier molecular flexibility index (Phi) is 4.97. The standard InChI is InChI=1S/C14H23NO/c1-4-10-15-14(3,9-11-16)13-8-6-5-7-12(13)2/h5-8,15-16H,4,9-11H2,1-3H3. The zero-order valence-electron chi connectivity index (χ0n) is 10.6. The highest BCUT2D eigenvalue weighted by Crippen LogP contribution is 2.27. The van der Waals surface area contributed by atoms with E-state index >= 15 is 0 Å². The van der Waals surface area contributed by atoms with Crippen LogP contribution >= 0.6 is 0 Å². The number of aliphatic hydroxyl groups is 1. The van der Waals surface area contributed by atoms with Crippen LogP contribution in [-0.4, -0.2) is 18.3 Å². The normalized spacial score (nSPS) is 14.8. The van der Waals surface area contributed by atoms with Gasteiger partial charge in [-0.05, 0) is 44.4 Å². The van der Waals surface area contributed by atoms with Gasteiger partial charge in [0.05, 0.1) is 0 Å². The van der Waals surface area contributed by atoms with Crippen molar-refractivity contribution in [3.63, 3.8) is 0 Å². The third-order valence-corrected chi connectivity index (χ3v) is 3.12. The van der Waals surface area contributed by atoms with E-state index in [1.54, 1.807) is 0 Å². The molecule has 2 nitrogen and oxygen atoms in total. The van der Waals surface area contributed by atoms with Crippen molar-refractivity contribution in [3.05, 3.63) is 35.4 Å². The average molecular weight is 221 g/mol. The summed E-state index contributed by atoms with van der Waals surface area (Å²) in [5.41, 5.74) is 2.45. The summed E-state index contributed by atoms with van der Waals surface area (Å²) in [6, 6.07) is 8.38. The Hall–Kier alpha value is -0.860. The molecule has 0 aliphatic rings. The zero-order valence-corrected chi connectivity index (χ0v) is 10.6. The van der Waals surface area contributed by atoms with Gasteiger partial charge in [0, 0.05) is 12.1 Å². The molecule has 0 aliphatic carbocycles. The SMILES string of the molecule is CCCNC(C)(CCO)c1ccccc1C. The molecule has 0 radical (unpaired) electrons. The molecule has 0 aromatic heterocycles. The monoisotopic (exact) mass is 221 g/mol. The summed E-state index contributed by atoms with van der Waals surface area (Å²) in [7, 11) is 0. The molecular weight excluding hydrogens is 198 g/mol. The number of benzene rings is 1. The number of hydrogen-bond acceptors (Lipinski definition) is 2. The first-order valence-corrected chi connectivity index (χ1v) is 6.06. The van der Waals surface area contributed by atoms with Crippen LogP contribution in [0.15, 0.2) is 24.3 Å². The first kappa shape index (κ1) is 13.2. The van der Waals surface area contributed by atoms with Crippen molar-refractivity contribution in [1.82, 2.24) is 5.32 Å². The lowest BCUT2D eigenvalue weighted by atomic mass is 9.86. The third-order valence-electron chi connectivity index (χ3n) is 3.12. The summed E-state index contributed by atoms with van der Waals surface area (Å²) in [6.07, 6.45) is 1.85. The van der Waals surface area contributed by atoms with E-state index in [2.05, 4.69) is 50.4 Å². The van der Waals surface area contributed by atoms with Crippen LogP contribution in [0.5, 0.6) is 0 Å². The topological polar surface area (TPSA) is 32.3 Å². The molecule has 0 saturated heterocycles. The van der Waals surface area contributed by atoms with E-state index in [9.17, 15) is 5.11 Å². The molecule has 90 valence electrons. The summed E-state index contributed by atoms with van der Waals surface area (Å²) in [5, 5.41) is 12.8. The molecule has 0 spiro atoms.